The van der Waals surface area contributed by atoms with Crippen molar-refractivity contribution in [3.8, 4) is 11.5 Å². The molecule has 6 rings (SSSR count). The number of primary sulfonamides is 1. The summed E-state index contributed by atoms with van der Waals surface area (Å²) in [6, 6.07) is 13.2. The molecule has 49 heavy (non-hydrogen) atoms. The van der Waals surface area contributed by atoms with E-state index in [0.717, 1.165) is 39.8 Å². The summed E-state index contributed by atoms with van der Waals surface area (Å²) in [7, 11) is -3.97. The highest BCUT2D eigenvalue weighted by molar-refractivity contribution is 8.00. The number of carbonyl (C=O) groups excluding carboxylic acids is 3. The third-order valence-electron chi connectivity index (χ3n) is 7.89. The zero-order valence-electron chi connectivity index (χ0n) is 25.1. The number of aromatic nitrogens is 1. The molecular formula is C31H25F3N4O8S3. The second kappa shape index (κ2) is 12.7. The molecule has 12 nitrogen and oxygen atoms in total. The van der Waals surface area contributed by atoms with Crippen LogP contribution >= 0.6 is 23.1 Å². The van der Waals surface area contributed by atoms with E-state index >= 15 is 0 Å². The molecule has 256 valence electrons. The molecule has 1 fully saturated rings. The van der Waals surface area contributed by atoms with Gasteiger partial charge in [0.2, 0.25) is 27.7 Å². The Hall–Kier alpha value is -4.65. The number of nitrogens with two attached hydrogens (primary N) is 1. The number of rotatable bonds is 8. The van der Waals surface area contributed by atoms with E-state index in [-0.39, 0.29) is 39.4 Å². The number of aromatic hydroxyl groups is 1. The van der Waals surface area contributed by atoms with Gasteiger partial charge in [0.1, 0.15) is 11.8 Å². The van der Waals surface area contributed by atoms with E-state index in [1.807, 2.05) is 0 Å². The second-order valence-corrected chi connectivity index (χ2v) is 14.7. The maximum Gasteiger partial charge on any atom is 0.416 e. The molecule has 2 unspecified atom stereocenters. The molecule has 0 radical (unpaired) electrons. The summed E-state index contributed by atoms with van der Waals surface area (Å²) in [5.74, 6) is -4.54. The van der Waals surface area contributed by atoms with Crippen molar-refractivity contribution in [2.24, 2.45) is 11.1 Å². The van der Waals surface area contributed by atoms with E-state index in [1.54, 1.807) is 6.92 Å². The molecule has 1 aromatic heterocycles. The van der Waals surface area contributed by atoms with Crippen LogP contribution in [0.15, 0.2) is 81.4 Å². The van der Waals surface area contributed by atoms with Crippen LogP contribution in [-0.4, -0.2) is 47.7 Å². The highest BCUT2D eigenvalue weighted by Crippen LogP contribution is 2.54. The summed E-state index contributed by atoms with van der Waals surface area (Å²) in [6.07, 6.45) is -4.74. The number of imide groups is 1. The van der Waals surface area contributed by atoms with Crippen molar-refractivity contribution in [2.75, 3.05) is 16.8 Å². The SMILES string of the molecule is CCOc1cc([C@@H]2c3sc(=O)n(CC(=O)Nc4ccc(S(N)(=O)=O)cc4)c3SC3C(=O)N(c4cccc(C(F)(F)F)c4)C(=O)C32)ccc1O. The number of amides is 3. The number of nitrogens with zero attached hydrogens (tertiary/aromatic N) is 2. The average molecular weight is 735 g/mol. The molecule has 3 aromatic carbocycles. The van der Waals surface area contributed by atoms with Gasteiger partial charge in [-0.2, -0.15) is 13.2 Å². The predicted molar refractivity (Wildman–Crippen MR) is 173 cm³/mol. The zero-order chi connectivity index (χ0) is 35.4. The Morgan fingerprint density at radius 3 is 2.41 bits per heavy atom. The van der Waals surface area contributed by atoms with Crippen LogP contribution in [0.2, 0.25) is 0 Å². The number of alkyl halides is 3. The summed E-state index contributed by atoms with van der Waals surface area (Å²) < 4.78 is 70.5. The molecule has 18 heteroatoms. The molecule has 0 bridgehead atoms. The number of sulfonamides is 1. The average Bonchev–Trinajstić information content (AvgIpc) is 3.47. The van der Waals surface area contributed by atoms with Gasteiger partial charge in [-0.05, 0) is 67.1 Å². The molecule has 2 aliphatic rings. The molecule has 4 N–H and O–H groups in total. The van der Waals surface area contributed by atoms with E-state index in [2.05, 4.69) is 5.32 Å². The van der Waals surface area contributed by atoms with Crippen LogP contribution in [0, 0.1) is 5.92 Å². The molecule has 2 aliphatic heterocycles. The number of carbonyl (C=O) groups is 3. The van der Waals surface area contributed by atoms with Gasteiger partial charge in [0.05, 0.1) is 33.7 Å². The lowest BCUT2D eigenvalue weighted by atomic mass is 9.83. The molecule has 3 amide bonds. The first-order chi connectivity index (χ1) is 23.1. The van der Waals surface area contributed by atoms with Gasteiger partial charge < -0.3 is 15.2 Å². The van der Waals surface area contributed by atoms with Gasteiger partial charge in [-0.3, -0.25) is 23.7 Å². The summed E-state index contributed by atoms with van der Waals surface area (Å²) in [6.45, 7) is 1.34. The van der Waals surface area contributed by atoms with Gasteiger partial charge in [-0.25, -0.2) is 18.5 Å². The number of nitrogens with one attached hydrogen (secondary N) is 1. The molecule has 3 heterocycles. The van der Waals surface area contributed by atoms with Gasteiger partial charge in [-0.15, -0.1) is 0 Å². The summed E-state index contributed by atoms with van der Waals surface area (Å²) in [5, 5.41) is 17.1. The van der Waals surface area contributed by atoms with Crippen molar-refractivity contribution in [3.05, 3.63) is 92.4 Å². The van der Waals surface area contributed by atoms with Crippen LogP contribution in [0.25, 0.3) is 0 Å². The quantitative estimate of drug-likeness (QED) is 0.225. The Morgan fingerprint density at radius 1 is 1.04 bits per heavy atom. The number of ether oxygens (including phenoxy) is 1. The first kappa shape index (κ1) is 34.2. The Morgan fingerprint density at radius 2 is 1.76 bits per heavy atom. The Balaban J connectivity index is 1.40. The van der Waals surface area contributed by atoms with Gasteiger partial charge >= 0.3 is 11.0 Å². The zero-order valence-corrected chi connectivity index (χ0v) is 27.6. The van der Waals surface area contributed by atoms with Crippen LogP contribution in [0.3, 0.4) is 0 Å². The monoisotopic (exact) mass is 734 g/mol. The van der Waals surface area contributed by atoms with Gasteiger partial charge in [0.25, 0.3) is 0 Å². The molecule has 0 saturated carbocycles. The van der Waals surface area contributed by atoms with E-state index in [0.29, 0.717) is 21.4 Å². The highest BCUT2D eigenvalue weighted by Gasteiger charge is 2.57. The van der Waals surface area contributed by atoms with Crippen molar-refractivity contribution in [2.45, 2.75) is 40.7 Å². The van der Waals surface area contributed by atoms with E-state index in [4.69, 9.17) is 9.88 Å². The second-order valence-electron chi connectivity index (χ2n) is 11.0. The number of anilines is 2. The van der Waals surface area contributed by atoms with Crippen molar-refractivity contribution >= 4 is 62.2 Å². The lowest BCUT2D eigenvalue weighted by molar-refractivity contribution is -0.137. The fourth-order valence-corrected chi connectivity index (χ4v) is 9.05. The predicted octanol–water partition coefficient (Wildman–Crippen LogP) is 4.11. The van der Waals surface area contributed by atoms with Crippen molar-refractivity contribution in [1.29, 1.82) is 0 Å². The summed E-state index contributed by atoms with van der Waals surface area (Å²) in [5.41, 5.74) is -0.727. The Kier molecular flexibility index (Phi) is 8.85. The molecule has 0 spiro atoms. The topological polar surface area (TPSA) is 178 Å². The minimum absolute atomic E-state index is 0.0717. The Bertz CT molecular complexity index is 2170. The third-order valence-corrected chi connectivity index (χ3v) is 11.4. The minimum atomic E-state index is -4.74. The first-order valence-corrected chi connectivity index (χ1v) is 17.7. The molecule has 0 aliphatic carbocycles. The van der Waals surface area contributed by atoms with Crippen LogP contribution in [0.4, 0.5) is 24.5 Å². The largest absolute Gasteiger partial charge is 0.504 e. The number of phenolic OH excluding ortho intramolecular Hbond substituents is 1. The normalized spacial score (nSPS) is 19.0. The van der Waals surface area contributed by atoms with E-state index in [1.165, 1.54) is 48.5 Å². The smallest absolute Gasteiger partial charge is 0.416 e. The molecule has 1 saturated heterocycles. The van der Waals surface area contributed by atoms with Gasteiger partial charge in [-0.1, -0.05) is 35.2 Å². The van der Waals surface area contributed by atoms with Crippen LogP contribution in [0.5, 0.6) is 11.5 Å². The van der Waals surface area contributed by atoms with Crippen molar-refractivity contribution < 1.29 is 45.8 Å². The highest BCUT2D eigenvalue weighted by atomic mass is 32.2. The minimum Gasteiger partial charge on any atom is -0.504 e. The van der Waals surface area contributed by atoms with Crippen LogP contribution in [0.1, 0.15) is 28.8 Å². The first-order valence-electron chi connectivity index (χ1n) is 14.4. The number of halogens is 3. The Labute approximate surface area is 284 Å². The molecule has 3 atom stereocenters. The van der Waals surface area contributed by atoms with Crippen LogP contribution in [-0.2, 0) is 37.1 Å². The van der Waals surface area contributed by atoms with E-state index < -0.39 is 68.0 Å². The van der Waals surface area contributed by atoms with E-state index in [9.17, 15) is 45.9 Å². The fourth-order valence-electron chi connectivity index (χ4n) is 5.76. The molecule has 4 aromatic rings. The fraction of sp³-hybridized carbons (Fsp3) is 0.226. The van der Waals surface area contributed by atoms with Gasteiger partial charge in [0, 0.05) is 16.5 Å². The lowest BCUT2D eigenvalue weighted by Crippen LogP contribution is -2.33. The third kappa shape index (κ3) is 6.43. The molecular weight excluding hydrogens is 710 g/mol. The lowest BCUT2D eigenvalue weighted by Gasteiger charge is -2.31. The number of thiazole rings is 1. The summed E-state index contributed by atoms with van der Waals surface area (Å²) >= 11 is 1.61. The number of hydrogen-bond acceptors (Lipinski definition) is 10. The standard InChI is InChI=1S/C31H25F3N4O8S3/c1-2-46-21-12-15(6-11-20(21)39)23-24-25(28(42)38(27(24)41)18-5-3-4-16(13-18)31(32,33)34)47-29-26(23)48-30(43)37(29)14-22(40)36-17-7-9-19(10-8-17)49(35,44)45/h3-13,23-25,39H,2,14H2,1H3,(H,36,40)(H2,35,44,45)/t23-,24?,25?/m0/s1. The number of hydrogen-bond donors (Lipinski definition) is 3. The van der Waals surface area contributed by atoms with Crippen molar-refractivity contribution in [3.63, 3.8) is 0 Å². The van der Waals surface area contributed by atoms with Gasteiger partial charge in [0.15, 0.2) is 11.5 Å². The maximum absolute atomic E-state index is 14.1. The maximum atomic E-state index is 14.1. The number of thioether (sulfide) groups is 1. The van der Waals surface area contributed by atoms with Crippen molar-refractivity contribution in [1.82, 2.24) is 4.57 Å². The number of benzene rings is 3. The number of phenols is 1. The van der Waals surface area contributed by atoms with Crippen LogP contribution < -0.4 is 25.0 Å². The number of fused-ring (bicyclic) bond motifs is 2. The summed E-state index contributed by atoms with van der Waals surface area (Å²) in [4.78, 5) is 54.8.